The van der Waals surface area contributed by atoms with Crippen molar-refractivity contribution in [3.63, 3.8) is 0 Å². The Morgan fingerprint density at radius 1 is 1.13 bits per heavy atom. The minimum absolute atomic E-state index is 0.0462. The molecule has 1 aliphatic rings. The Labute approximate surface area is 220 Å². The Morgan fingerprint density at radius 2 is 1.87 bits per heavy atom. The molecular weight excluding hydrogens is 506 g/mol. The number of hydrogen-bond donors (Lipinski definition) is 0. The molecule has 0 radical (unpaired) electrons. The van der Waals surface area contributed by atoms with Crippen LogP contribution in [0.25, 0.3) is 22.2 Å². The summed E-state index contributed by atoms with van der Waals surface area (Å²) in [5.41, 5.74) is 2.62. The minimum Gasteiger partial charge on any atom is -0.489 e. The Morgan fingerprint density at radius 3 is 2.55 bits per heavy atom. The van der Waals surface area contributed by atoms with Gasteiger partial charge in [-0.3, -0.25) is 0 Å². The van der Waals surface area contributed by atoms with Crippen LogP contribution in [-0.2, 0) is 19.5 Å². The van der Waals surface area contributed by atoms with E-state index >= 15 is 0 Å². The highest BCUT2D eigenvalue weighted by molar-refractivity contribution is 7.90. The molecule has 0 spiro atoms. The lowest BCUT2D eigenvalue weighted by Crippen LogP contribution is -2.26. The third-order valence-electron chi connectivity index (χ3n) is 6.48. The Balaban J connectivity index is 1.65. The van der Waals surface area contributed by atoms with Gasteiger partial charge in [-0.2, -0.15) is 5.26 Å². The molecule has 0 saturated carbocycles. The molecule has 5 rings (SSSR count). The summed E-state index contributed by atoms with van der Waals surface area (Å²) < 4.78 is 44.6. The number of nitriles is 1. The summed E-state index contributed by atoms with van der Waals surface area (Å²) >= 11 is 0. The molecule has 10 heteroatoms. The van der Waals surface area contributed by atoms with Crippen LogP contribution in [0.15, 0.2) is 65.8 Å². The molecule has 0 aliphatic carbocycles. The van der Waals surface area contributed by atoms with E-state index in [2.05, 4.69) is 11.1 Å². The van der Waals surface area contributed by atoms with Crippen molar-refractivity contribution in [1.82, 2.24) is 8.96 Å². The number of methoxy groups -OCH3 is 1. The van der Waals surface area contributed by atoms with Gasteiger partial charge in [-0.05, 0) is 42.8 Å². The van der Waals surface area contributed by atoms with Gasteiger partial charge in [0.1, 0.15) is 17.9 Å². The largest absolute Gasteiger partial charge is 0.489 e. The van der Waals surface area contributed by atoms with Crippen molar-refractivity contribution in [2.75, 3.05) is 20.3 Å². The number of aryl methyl sites for hydroxylation is 1. The first-order valence-electron chi connectivity index (χ1n) is 12.0. The van der Waals surface area contributed by atoms with E-state index in [1.165, 1.54) is 31.6 Å². The van der Waals surface area contributed by atoms with Gasteiger partial charge in [-0.1, -0.05) is 23.8 Å². The quantitative estimate of drug-likeness (QED) is 0.334. The highest BCUT2D eigenvalue weighted by Gasteiger charge is 2.25. The fourth-order valence-electron chi connectivity index (χ4n) is 4.41. The maximum Gasteiger partial charge on any atom is 0.339 e. The zero-order chi connectivity index (χ0) is 26.9. The maximum absolute atomic E-state index is 13.6. The standard InChI is InChI=1S/C28H25N3O6S/c1-18-3-6-23(7-4-18)38(33,34)31-17-25(24-14-21(28(32)35-2)16-30-27(24)31)19-5-8-26(20(13-19)15-29)37-22-9-11-36-12-10-22/h3-8,13-14,16-17,22H,9-12H2,1-2H3. The molecule has 2 aromatic carbocycles. The van der Waals surface area contributed by atoms with E-state index in [1.807, 2.05) is 6.92 Å². The fourth-order valence-corrected chi connectivity index (χ4v) is 5.73. The molecule has 0 unspecified atom stereocenters. The Hall–Kier alpha value is -4.20. The monoisotopic (exact) mass is 531 g/mol. The zero-order valence-corrected chi connectivity index (χ0v) is 21.7. The van der Waals surface area contributed by atoms with Crippen LogP contribution >= 0.6 is 0 Å². The van der Waals surface area contributed by atoms with Gasteiger partial charge in [-0.25, -0.2) is 22.2 Å². The summed E-state index contributed by atoms with van der Waals surface area (Å²) in [6.45, 7) is 3.09. The molecule has 38 heavy (non-hydrogen) atoms. The van der Waals surface area contributed by atoms with Crippen LogP contribution in [0.4, 0.5) is 0 Å². The molecule has 1 aliphatic heterocycles. The highest BCUT2D eigenvalue weighted by Crippen LogP contribution is 2.35. The minimum atomic E-state index is -4.01. The lowest BCUT2D eigenvalue weighted by Gasteiger charge is -2.23. The van der Waals surface area contributed by atoms with Crippen LogP contribution in [0.3, 0.4) is 0 Å². The van der Waals surface area contributed by atoms with E-state index in [0.717, 1.165) is 22.4 Å². The number of esters is 1. The number of pyridine rings is 1. The molecule has 4 aromatic rings. The lowest BCUT2D eigenvalue weighted by molar-refractivity contribution is 0.0254. The number of rotatable bonds is 6. The van der Waals surface area contributed by atoms with Crippen LogP contribution in [0.2, 0.25) is 0 Å². The summed E-state index contributed by atoms with van der Waals surface area (Å²) in [4.78, 5) is 16.7. The summed E-state index contributed by atoms with van der Waals surface area (Å²) in [7, 11) is -2.75. The Bertz CT molecular complexity index is 1660. The number of fused-ring (bicyclic) bond motifs is 1. The predicted molar refractivity (Wildman–Crippen MR) is 139 cm³/mol. The third-order valence-corrected chi connectivity index (χ3v) is 8.15. The summed E-state index contributed by atoms with van der Waals surface area (Å²) in [5.74, 6) is -0.148. The van der Waals surface area contributed by atoms with E-state index < -0.39 is 16.0 Å². The molecule has 9 nitrogen and oxygen atoms in total. The predicted octanol–water partition coefficient (Wildman–Crippen LogP) is 4.46. The van der Waals surface area contributed by atoms with Crippen LogP contribution in [-0.4, -0.2) is 49.8 Å². The van der Waals surface area contributed by atoms with Crippen LogP contribution < -0.4 is 4.74 Å². The average Bonchev–Trinajstić information content (AvgIpc) is 3.33. The average molecular weight is 532 g/mol. The van der Waals surface area contributed by atoms with E-state index in [1.54, 1.807) is 36.4 Å². The van der Waals surface area contributed by atoms with Crippen molar-refractivity contribution in [1.29, 1.82) is 5.26 Å². The van der Waals surface area contributed by atoms with E-state index in [4.69, 9.17) is 14.2 Å². The van der Waals surface area contributed by atoms with Crippen molar-refractivity contribution in [2.45, 2.75) is 30.8 Å². The zero-order valence-electron chi connectivity index (χ0n) is 20.9. The lowest BCUT2D eigenvalue weighted by atomic mass is 10.0. The van der Waals surface area contributed by atoms with Gasteiger partial charge >= 0.3 is 5.97 Å². The second-order valence-electron chi connectivity index (χ2n) is 9.00. The second kappa shape index (κ2) is 10.3. The molecule has 0 amide bonds. The van der Waals surface area contributed by atoms with Gasteiger partial charge in [-0.15, -0.1) is 0 Å². The van der Waals surface area contributed by atoms with Crippen molar-refractivity contribution in [2.24, 2.45) is 0 Å². The molecule has 1 fully saturated rings. The number of hydrogen-bond acceptors (Lipinski definition) is 8. The summed E-state index contributed by atoms with van der Waals surface area (Å²) in [5, 5.41) is 10.3. The molecule has 0 bridgehead atoms. The first-order valence-corrected chi connectivity index (χ1v) is 13.5. The molecule has 3 heterocycles. The molecule has 194 valence electrons. The van der Waals surface area contributed by atoms with E-state index in [0.29, 0.717) is 41.0 Å². The normalized spacial score (nSPS) is 14.2. The number of nitrogens with zero attached hydrogens (tertiary/aromatic N) is 3. The Kier molecular flexibility index (Phi) is 6.89. The number of aromatic nitrogens is 2. The first kappa shape index (κ1) is 25.4. The van der Waals surface area contributed by atoms with Gasteiger partial charge in [0.05, 0.1) is 36.3 Å². The van der Waals surface area contributed by atoms with E-state index in [-0.39, 0.29) is 22.2 Å². The number of ether oxygens (including phenoxy) is 3. The number of carbonyl (C=O) groups excluding carboxylic acids is 1. The van der Waals surface area contributed by atoms with Gasteiger partial charge in [0.25, 0.3) is 10.0 Å². The van der Waals surface area contributed by atoms with Crippen molar-refractivity contribution in [3.05, 3.63) is 77.6 Å². The van der Waals surface area contributed by atoms with Gasteiger partial charge in [0, 0.05) is 36.2 Å². The molecule has 2 aromatic heterocycles. The molecule has 0 atom stereocenters. The van der Waals surface area contributed by atoms with Crippen molar-refractivity contribution in [3.8, 4) is 22.9 Å². The van der Waals surface area contributed by atoms with Crippen LogP contribution in [0, 0.1) is 18.3 Å². The molecular formula is C28H25N3O6S. The third kappa shape index (κ3) is 4.74. The molecule has 1 saturated heterocycles. The van der Waals surface area contributed by atoms with Gasteiger partial charge in [0.2, 0.25) is 0 Å². The van der Waals surface area contributed by atoms with Crippen molar-refractivity contribution < 1.29 is 27.4 Å². The smallest absolute Gasteiger partial charge is 0.339 e. The summed E-state index contributed by atoms with van der Waals surface area (Å²) in [6, 6.07) is 15.4. The summed E-state index contributed by atoms with van der Waals surface area (Å²) in [6.07, 6.45) is 4.17. The first-order chi connectivity index (χ1) is 18.3. The fraction of sp³-hybridized carbons (Fsp3) is 0.250. The second-order valence-corrected chi connectivity index (χ2v) is 10.8. The van der Waals surface area contributed by atoms with Crippen LogP contribution in [0.1, 0.15) is 34.3 Å². The number of carbonyl (C=O) groups is 1. The van der Waals surface area contributed by atoms with Crippen molar-refractivity contribution >= 4 is 27.0 Å². The maximum atomic E-state index is 13.6. The van der Waals surface area contributed by atoms with E-state index in [9.17, 15) is 18.5 Å². The SMILES string of the molecule is COC(=O)c1cnc2c(c1)c(-c1ccc(OC3CCOCC3)c(C#N)c1)cn2S(=O)(=O)c1ccc(C)cc1. The van der Waals surface area contributed by atoms with Gasteiger partial charge < -0.3 is 14.2 Å². The topological polar surface area (TPSA) is 121 Å². The van der Waals surface area contributed by atoms with Crippen LogP contribution in [0.5, 0.6) is 5.75 Å². The molecule has 0 N–H and O–H groups in total. The number of benzene rings is 2. The van der Waals surface area contributed by atoms with Gasteiger partial charge in [0.15, 0.2) is 5.65 Å². The highest BCUT2D eigenvalue weighted by atomic mass is 32.2.